The maximum atomic E-state index is 12.9. The van der Waals surface area contributed by atoms with Gasteiger partial charge in [0, 0.05) is 0 Å². The maximum absolute atomic E-state index is 12.9. The van der Waals surface area contributed by atoms with Crippen molar-refractivity contribution in [3.05, 3.63) is 35.4 Å². The van der Waals surface area contributed by atoms with Gasteiger partial charge in [-0.05, 0) is 30.9 Å². The largest absolute Gasteiger partial charge is 0.466 e. The van der Waals surface area contributed by atoms with Gasteiger partial charge in [0.15, 0.2) is 6.10 Å². The van der Waals surface area contributed by atoms with E-state index in [1.54, 1.807) is 6.07 Å². The summed E-state index contributed by atoms with van der Waals surface area (Å²) in [6, 6.07) is 6.76. The molecule has 1 aliphatic heterocycles. The van der Waals surface area contributed by atoms with Gasteiger partial charge in [-0.25, -0.2) is 9.59 Å². The molecule has 3 amide bonds. The van der Waals surface area contributed by atoms with Gasteiger partial charge in [-0.1, -0.05) is 24.3 Å². The lowest BCUT2D eigenvalue weighted by atomic mass is 9.92. The van der Waals surface area contributed by atoms with Gasteiger partial charge in [0.05, 0.1) is 7.11 Å². The molecule has 1 heterocycles. The fourth-order valence-corrected chi connectivity index (χ4v) is 3.31. The first-order valence-corrected chi connectivity index (χ1v) is 7.89. The second kappa shape index (κ2) is 6.19. The summed E-state index contributed by atoms with van der Waals surface area (Å²) in [4.78, 5) is 49.2. The van der Waals surface area contributed by atoms with Crippen LogP contribution in [0.25, 0.3) is 0 Å². The molecule has 0 radical (unpaired) electrons. The van der Waals surface area contributed by atoms with Gasteiger partial charge in [0.25, 0.3) is 5.91 Å². The molecule has 2 aliphatic rings. The molecule has 0 aromatic heterocycles. The van der Waals surface area contributed by atoms with E-state index in [4.69, 9.17) is 4.74 Å². The van der Waals surface area contributed by atoms with E-state index in [9.17, 15) is 19.2 Å². The van der Waals surface area contributed by atoms with Crippen LogP contribution < -0.4 is 5.32 Å². The lowest BCUT2D eigenvalue weighted by Crippen LogP contribution is -2.43. The highest BCUT2D eigenvalue weighted by Crippen LogP contribution is 2.41. The average Bonchev–Trinajstić information content (AvgIpc) is 3.08. The molecule has 1 aromatic rings. The number of carbonyl (C=O) groups excluding carboxylic acids is 4. The van der Waals surface area contributed by atoms with E-state index < -0.39 is 42.1 Å². The molecule has 132 valence electrons. The second-order valence-electron chi connectivity index (χ2n) is 6.04. The van der Waals surface area contributed by atoms with Crippen LogP contribution in [0, 0.1) is 0 Å². The first kappa shape index (κ1) is 16.9. The number of aryl methyl sites for hydroxylation is 1. The van der Waals surface area contributed by atoms with Crippen molar-refractivity contribution >= 4 is 23.9 Å². The Bertz CT molecular complexity index is 761. The number of hydrogen-bond acceptors (Lipinski definition) is 6. The third kappa shape index (κ3) is 2.73. The number of hydrogen-bond donors (Lipinski definition) is 1. The molecular formula is C17H18N2O6. The molecule has 8 heteroatoms. The van der Waals surface area contributed by atoms with Crippen LogP contribution in [0.15, 0.2) is 24.3 Å². The van der Waals surface area contributed by atoms with Crippen molar-refractivity contribution in [1.29, 1.82) is 0 Å². The van der Waals surface area contributed by atoms with E-state index in [1.807, 2.05) is 18.2 Å². The van der Waals surface area contributed by atoms with E-state index in [-0.39, 0.29) is 0 Å². The Morgan fingerprint density at radius 1 is 1.32 bits per heavy atom. The molecule has 1 fully saturated rings. The molecule has 1 spiro atoms. The number of amides is 3. The Balaban J connectivity index is 1.75. The Morgan fingerprint density at radius 2 is 2.04 bits per heavy atom. The standard InChI is InChI=1S/C17H18N2O6/c1-10(14(21)24-2)25-13(20)9-19-15(22)17(18-16(19)23)8-7-11-5-3-4-6-12(11)17/h3-6,10H,7-9H2,1-2H3,(H,18,23)/t10-,17-/m1/s1. The molecule has 8 nitrogen and oxygen atoms in total. The Hall–Kier alpha value is -2.90. The molecule has 1 N–H and O–H groups in total. The normalized spacial score (nSPS) is 22.6. The molecule has 0 saturated carbocycles. The Labute approximate surface area is 144 Å². The third-order valence-electron chi connectivity index (χ3n) is 4.55. The van der Waals surface area contributed by atoms with Gasteiger partial charge in [-0.15, -0.1) is 0 Å². The minimum atomic E-state index is -1.12. The van der Waals surface area contributed by atoms with Gasteiger partial charge in [-0.3, -0.25) is 14.5 Å². The molecule has 1 aromatic carbocycles. The molecule has 1 aliphatic carbocycles. The summed E-state index contributed by atoms with van der Waals surface area (Å²) in [7, 11) is 1.17. The lowest BCUT2D eigenvalue weighted by molar-refractivity contribution is -0.165. The van der Waals surface area contributed by atoms with Crippen LogP contribution in [0.5, 0.6) is 0 Å². The Morgan fingerprint density at radius 3 is 2.76 bits per heavy atom. The van der Waals surface area contributed by atoms with Crippen LogP contribution in [0.2, 0.25) is 0 Å². The number of nitrogens with one attached hydrogen (secondary N) is 1. The summed E-state index contributed by atoms with van der Waals surface area (Å²) in [5.41, 5.74) is 0.633. The van der Waals surface area contributed by atoms with Crippen molar-refractivity contribution in [1.82, 2.24) is 10.2 Å². The molecule has 25 heavy (non-hydrogen) atoms. The highest BCUT2D eigenvalue weighted by Gasteiger charge is 2.55. The average molecular weight is 346 g/mol. The summed E-state index contributed by atoms with van der Waals surface area (Å²) < 4.78 is 9.36. The zero-order valence-electron chi connectivity index (χ0n) is 13.9. The van der Waals surface area contributed by atoms with Crippen molar-refractivity contribution in [3.63, 3.8) is 0 Å². The molecule has 1 saturated heterocycles. The van der Waals surface area contributed by atoms with Gasteiger partial charge in [0.1, 0.15) is 12.1 Å². The topological polar surface area (TPSA) is 102 Å². The highest BCUT2D eigenvalue weighted by atomic mass is 16.6. The highest BCUT2D eigenvalue weighted by molar-refractivity contribution is 6.09. The summed E-state index contributed by atoms with van der Waals surface area (Å²) in [5.74, 6) is -2.05. The minimum Gasteiger partial charge on any atom is -0.466 e. The first-order chi connectivity index (χ1) is 11.9. The number of nitrogens with zero attached hydrogens (tertiary/aromatic N) is 1. The van der Waals surface area contributed by atoms with E-state index in [2.05, 4.69) is 10.1 Å². The molecule has 2 atom stereocenters. The van der Waals surface area contributed by atoms with Crippen LogP contribution in [-0.2, 0) is 35.8 Å². The fourth-order valence-electron chi connectivity index (χ4n) is 3.31. The zero-order valence-corrected chi connectivity index (χ0v) is 13.9. The van der Waals surface area contributed by atoms with Crippen molar-refractivity contribution < 1.29 is 28.7 Å². The van der Waals surface area contributed by atoms with Gasteiger partial charge in [0.2, 0.25) is 0 Å². The van der Waals surface area contributed by atoms with Crippen molar-refractivity contribution in [2.24, 2.45) is 0 Å². The second-order valence-corrected chi connectivity index (χ2v) is 6.04. The predicted molar refractivity (Wildman–Crippen MR) is 84.3 cm³/mol. The third-order valence-corrected chi connectivity index (χ3v) is 4.55. The summed E-state index contributed by atoms with van der Waals surface area (Å²) in [6.07, 6.45) is 0.000354. The number of imide groups is 1. The Kier molecular flexibility index (Phi) is 4.20. The number of methoxy groups -OCH3 is 1. The summed E-state index contributed by atoms with van der Waals surface area (Å²) in [5, 5.41) is 2.72. The van der Waals surface area contributed by atoms with Gasteiger partial charge < -0.3 is 14.8 Å². The van der Waals surface area contributed by atoms with E-state index in [0.717, 1.165) is 16.0 Å². The SMILES string of the molecule is COC(=O)[C@@H](C)OC(=O)CN1C(=O)N[C@@]2(CCc3ccccc32)C1=O. The first-order valence-electron chi connectivity index (χ1n) is 7.89. The monoisotopic (exact) mass is 346 g/mol. The van der Waals surface area contributed by atoms with Crippen molar-refractivity contribution in [2.45, 2.75) is 31.4 Å². The fraction of sp³-hybridized carbons (Fsp3) is 0.412. The van der Waals surface area contributed by atoms with Crippen LogP contribution in [0.4, 0.5) is 4.79 Å². The summed E-state index contributed by atoms with van der Waals surface area (Å²) in [6.45, 7) is 0.792. The van der Waals surface area contributed by atoms with E-state index >= 15 is 0 Å². The van der Waals surface area contributed by atoms with Crippen LogP contribution >= 0.6 is 0 Å². The van der Waals surface area contributed by atoms with Crippen molar-refractivity contribution in [2.75, 3.05) is 13.7 Å². The molecular weight excluding hydrogens is 328 g/mol. The predicted octanol–water partition coefficient (Wildman–Crippen LogP) is 0.485. The van der Waals surface area contributed by atoms with E-state index in [1.165, 1.54) is 14.0 Å². The van der Waals surface area contributed by atoms with Gasteiger partial charge in [-0.2, -0.15) is 0 Å². The number of benzene rings is 1. The zero-order chi connectivity index (χ0) is 18.2. The van der Waals surface area contributed by atoms with Crippen LogP contribution in [0.3, 0.4) is 0 Å². The minimum absolute atomic E-state index is 0.445. The van der Waals surface area contributed by atoms with Gasteiger partial charge >= 0.3 is 18.0 Å². The molecule has 0 unspecified atom stereocenters. The molecule has 3 rings (SSSR count). The number of urea groups is 1. The number of ether oxygens (including phenoxy) is 2. The number of rotatable bonds is 4. The van der Waals surface area contributed by atoms with Crippen molar-refractivity contribution in [3.8, 4) is 0 Å². The maximum Gasteiger partial charge on any atom is 0.346 e. The lowest BCUT2D eigenvalue weighted by Gasteiger charge is -2.22. The van der Waals surface area contributed by atoms with Crippen LogP contribution in [-0.4, -0.2) is 48.5 Å². The number of carbonyl (C=O) groups is 4. The van der Waals surface area contributed by atoms with E-state index in [0.29, 0.717) is 12.8 Å². The van der Waals surface area contributed by atoms with Crippen LogP contribution in [0.1, 0.15) is 24.5 Å². The molecule has 0 bridgehead atoms. The quantitative estimate of drug-likeness (QED) is 0.629. The number of fused-ring (bicyclic) bond motifs is 2. The number of esters is 2. The summed E-state index contributed by atoms with van der Waals surface area (Å²) >= 11 is 0. The smallest absolute Gasteiger partial charge is 0.346 e.